The van der Waals surface area contributed by atoms with Crippen molar-refractivity contribution >= 4 is 25.8 Å². The van der Waals surface area contributed by atoms with Crippen molar-refractivity contribution in [1.29, 1.82) is 0 Å². The van der Waals surface area contributed by atoms with Crippen LogP contribution in [0.3, 0.4) is 0 Å². The van der Waals surface area contributed by atoms with Gasteiger partial charge in [-0.05, 0) is 0 Å². The van der Waals surface area contributed by atoms with Crippen molar-refractivity contribution in [3.05, 3.63) is 75.9 Å². The molecule has 9 nitrogen and oxygen atoms in total. The Kier molecular flexibility index (Phi) is 87.8. The Bertz CT molecular complexity index is 367. The molecule has 2 radical (unpaired) electrons. The topological polar surface area (TPSA) is 125 Å². The normalized spacial score (nSPS) is 8.40. The fourth-order valence-corrected chi connectivity index (χ4v) is 2.38. The van der Waals surface area contributed by atoms with Crippen molar-refractivity contribution in [3.8, 4) is 0 Å². The summed E-state index contributed by atoms with van der Waals surface area (Å²) >= 11 is 0. The van der Waals surface area contributed by atoms with Crippen LogP contribution in [0, 0.1) is 81.7 Å². The first-order chi connectivity index (χ1) is 14.4. The molecule has 0 amide bonds. The zero-order valence-corrected chi connectivity index (χ0v) is 30.5. The van der Waals surface area contributed by atoms with E-state index in [4.69, 9.17) is 0 Å². The summed E-state index contributed by atoms with van der Waals surface area (Å²) in [7, 11) is -5.95. The van der Waals surface area contributed by atoms with Crippen molar-refractivity contribution in [1.82, 2.24) is 0 Å². The molecule has 0 fully saturated rings. The van der Waals surface area contributed by atoms with Crippen LogP contribution in [-0.4, -0.2) is 39.6 Å². The summed E-state index contributed by atoms with van der Waals surface area (Å²) in [5.74, 6) is 0. The van der Waals surface area contributed by atoms with Gasteiger partial charge in [-0.2, -0.15) is 0 Å². The molecule has 0 aliphatic rings. The van der Waals surface area contributed by atoms with Crippen LogP contribution in [0.4, 0.5) is 0 Å². The molecule has 0 saturated heterocycles. The molecular formula is C18H30Cl3Nd2O9P3. The zero-order chi connectivity index (χ0) is 23.5. The molecule has 200 valence electrons. The van der Waals surface area contributed by atoms with Gasteiger partial charge in [0.2, 0.25) is 0 Å². The van der Waals surface area contributed by atoms with Crippen LogP contribution in [0.1, 0.15) is 0 Å². The van der Waals surface area contributed by atoms with Crippen LogP contribution < -0.4 is 51.9 Å². The van der Waals surface area contributed by atoms with Crippen molar-refractivity contribution in [2.45, 2.75) is 0 Å². The maximum absolute atomic E-state index is 10.6. The quantitative estimate of drug-likeness (QED) is 0.0979. The van der Waals surface area contributed by atoms with Crippen molar-refractivity contribution < 1.29 is 161 Å². The molecule has 0 rings (SSSR count). The Labute approximate surface area is 298 Å². The molecule has 0 spiro atoms. The summed E-state index contributed by atoms with van der Waals surface area (Å²) in [6.07, 6.45) is 9.03. The Morgan fingerprint density at radius 2 is 0.514 bits per heavy atom. The monoisotopic (exact) mass is 872 g/mol. The maximum Gasteiger partial charge on any atom is 3.00 e. The van der Waals surface area contributed by atoms with E-state index in [0.29, 0.717) is 0 Å². The van der Waals surface area contributed by atoms with Gasteiger partial charge in [0, 0.05) is 0 Å². The van der Waals surface area contributed by atoms with Crippen LogP contribution >= 0.6 is 25.8 Å². The SMILES string of the molecule is C=CCOP([O-])OCC=C.C=CCOP([O-])OCC=C.C=CCOP([O-])OCC=C.[Cl-].[Cl-].[Cl-].[Nd+3].[Nd+3]. The third kappa shape index (κ3) is 62.1. The molecule has 0 aromatic heterocycles. The first-order valence-electron chi connectivity index (χ1n) is 8.27. The van der Waals surface area contributed by atoms with Gasteiger partial charge in [-0.25, -0.2) is 0 Å². The Balaban J connectivity index is -0.0000000486. The zero-order valence-electron chi connectivity index (χ0n) is 19.1. The molecule has 0 aliphatic heterocycles. The van der Waals surface area contributed by atoms with Crippen LogP contribution in [0.15, 0.2) is 75.9 Å². The maximum atomic E-state index is 10.6. The molecule has 0 bridgehead atoms. The molecule has 0 aromatic carbocycles. The second kappa shape index (κ2) is 53.2. The van der Waals surface area contributed by atoms with Crippen LogP contribution in [-0.2, 0) is 27.1 Å². The first-order valence-corrected chi connectivity index (χ1v) is 11.6. The van der Waals surface area contributed by atoms with Gasteiger partial charge in [0.1, 0.15) is 0 Å². The predicted octanol–water partition coefficient (Wildman–Crippen LogP) is -6.05. The van der Waals surface area contributed by atoms with Gasteiger partial charge in [0.25, 0.3) is 0 Å². The fraction of sp³-hybridized carbons (Fsp3) is 0.333. The molecule has 0 unspecified atom stereocenters. The smallest absolute Gasteiger partial charge is 1.00 e. The van der Waals surface area contributed by atoms with Crippen molar-refractivity contribution in [2.75, 3.05) is 39.6 Å². The summed E-state index contributed by atoms with van der Waals surface area (Å²) < 4.78 is 27.7. The van der Waals surface area contributed by atoms with E-state index in [1.54, 1.807) is 0 Å². The van der Waals surface area contributed by atoms with E-state index in [2.05, 4.69) is 66.6 Å². The molecular weight excluding hydrogens is 848 g/mol. The molecule has 0 saturated carbocycles. The average molecular weight is 878 g/mol. The summed E-state index contributed by atoms with van der Waals surface area (Å²) in [5.41, 5.74) is 0. The summed E-state index contributed by atoms with van der Waals surface area (Å²) in [6, 6.07) is 0. The van der Waals surface area contributed by atoms with E-state index < -0.39 is 25.8 Å². The Morgan fingerprint density at radius 3 is 0.600 bits per heavy atom. The Hall–Kier alpha value is 2.94. The van der Waals surface area contributed by atoms with E-state index in [1.807, 2.05) is 0 Å². The number of halogens is 3. The molecule has 0 atom stereocenters. The van der Waals surface area contributed by atoms with Gasteiger partial charge in [0.15, 0.2) is 0 Å². The number of rotatable bonds is 18. The van der Waals surface area contributed by atoms with Crippen LogP contribution in [0.5, 0.6) is 0 Å². The molecule has 0 heterocycles. The van der Waals surface area contributed by atoms with E-state index in [0.717, 1.165) is 0 Å². The van der Waals surface area contributed by atoms with E-state index >= 15 is 0 Å². The largest absolute Gasteiger partial charge is 3.00 e. The second-order valence-corrected chi connectivity index (χ2v) is 7.07. The van der Waals surface area contributed by atoms with E-state index in [1.165, 1.54) is 36.5 Å². The van der Waals surface area contributed by atoms with Crippen LogP contribution in [0.2, 0.25) is 0 Å². The minimum atomic E-state index is -1.98. The van der Waals surface area contributed by atoms with E-state index in [-0.39, 0.29) is 159 Å². The van der Waals surface area contributed by atoms with Crippen molar-refractivity contribution in [3.63, 3.8) is 0 Å². The third-order valence-electron chi connectivity index (χ3n) is 1.79. The average Bonchev–Trinajstić information content (AvgIpc) is 2.76. The molecule has 17 heteroatoms. The van der Waals surface area contributed by atoms with Gasteiger partial charge in [0.05, 0.1) is 65.4 Å². The van der Waals surface area contributed by atoms with Crippen molar-refractivity contribution in [2.24, 2.45) is 0 Å². The Morgan fingerprint density at radius 1 is 0.400 bits per heavy atom. The van der Waals surface area contributed by atoms with Crippen LogP contribution in [0.25, 0.3) is 0 Å². The molecule has 0 aliphatic carbocycles. The second-order valence-electron chi connectivity index (χ2n) is 4.18. The van der Waals surface area contributed by atoms with Gasteiger partial charge in [-0.3, -0.25) is 0 Å². The molecule has 0 aromatic rings. The standard InChI is InChI=1S/3C6H10O3P.3ClH.2Nd/c3*1-3-5-8-10(7)9-6-4-2;;;;;/h3*3-4H,1-2,5-6H2;3*1H;;/q3*-1;;;;2*+3/p-3. The van der Waals surface area contributed by atoms with E-state index in [9.17, 15) is 14.7 Å². The number of hydrogen-bond acceptors (Lipinski definition) is 9. The summed E-state index contributed by atoms with van der Waals surface area (Å²) in [4.78, 5) is 31.7. The minimum absolute atomic E-state index is 0. The van der Waals surface area contributed by atoms with Gasteiger partial charge in [-0.1, -0.05) is 36.5 Å². The van der Waals surface area contributed by atoms with Gasteiger partial charge < -0.3 is 79.0 Å². The minimum Gasteiger partial charge on any atom is -1.00 e. The van der Waals surface area contributed by atoms with Gasteiger partial charge in [-0.15, -0.1) is 39.5 Å². The fourth-order valence-electron chi connectivity index (χ4n) is 0.793. The third-order valence-corrected chi connectivity index (χ3v) is 3.95. The number of hydrogen-bond donors (Lipinski definition) is 0. The summed E-state index contributed by atoms with van der Waals surface area (Å²) in [6.45, 7) is 21.8. The predicted molar refractivity (Wildman–Crippen MR) is 118 cm³/mol. The van der Waals surface area contributed by atoms with Gasteiger partial charge >= 0.3 is 81.7 Å². The molecule has 35 heavy (non-hydrogen) atoms. The first kappa shape index (κ1) is 57.8. The molecule has 0 N–H and O–H groups in total. The summed E-state index contributed by atoms with van der Waals surface area (Å²) in [5, 5.41) is 0.